The molecule has 0 spiro atoms. The minimum absolute atomic E-state index is 0.136. The highest BCUT2D eigenvalue weighted by atomic mass is 127. The fourth-order valence-electron chi connectivity index (χ4n) is 3.38. The second-order valence-corrected chi connectivity index (χ2v) is 10.8. The molecule has 3 aromatic rings. The van der Waals surface area contributed by atoms with Crippen LogP contribution in [0.5, 0.6) is 11.5 Å². The first-order valence-corrected chi connectivity index (χ1v) is 13.4. The summed E-state index contributed by atoms with van der Waals surface area (Å²) < 4.78 is 12.3. The Bertz CT molecular complexity index is 1380. The van der Waals surface area contributed by atoms with Gasteiger partial charge in [-0.05, 0) is 94.5 Å². The Morgan fingerprint density at radius 1 is 1.05 bits per heavy atom. The largest absolute Gasteiger partial charge is 0.493 e. The number of ether oxygens (including phenoxy) is 2. The molecule has 0 aliphatic carbocycles. The first-order valence-electron chi connectivity index (χ1n) is 10.8. The van der Waals surface area contributed by atoms with Crippen molar-refractivity contribution in [2.24, 2.45) is 0 Å². The minimum Gasteiger partial charge on any atom is -0.493 e. The van der Waals surface area contributed by atoms with Gasteiger partial charge in [0.2, 0.25) is 5.91 Å². The number of rotatable bonds is 8. The second kappa shape index (κ2) is 12.2. The maximum absolute atomic E-state index is 12.9. The van der Waals surface area contributed by atoms with Crippen LogP contribution >= 0.6 is 57.6 Å². The molecule has 1 saturated heterocycles. The molecule has 1 N–H and O–H groups in total. The van der Waals surface area contributed by atoms with Crippen LogP contribution in [0.3, 0.4) is 0 Å². The molecule has 0 unspecified atom stereocenters. The van der Waals surface area contributed by atoms with Crippen LogP contribution in [0.4, 0.5) is 10.5 Å². The predicted molar refractivity (Wildman–Crippen MR) is 154 cm³/mol. The number of amides is 3. The number of hydrogen-bond acceptors (Lipinski definition) is 6. The number of carbonyl (C=O) groups excluding carboxylic acids is 3. The SMILES string of the molecule is COc1cc(/C=C2\SC(=O)N(CC(=O)Nc3ccc(I)cc3)C2=O)ccc1OCc1c(Cl)cccc1Cl. The van der Waals surface area contributed by atoms with E-state index in [9.17, 15) is 14.4 Å². The summed E-state index contributed by atoms with van der Waals surface area (Å²) >= 11 is 15.3. The number of halogens is 3. The standard InChI is InChI=1S/C26H19Cl2IN2O5S/c1-35-22-11-15(5-10-21(22)36-14-18-19(27)3-2-4-20(18)28)12-23-25(33)31(26(34)37-23)13-24(32)30-17-8-6-16(29)7-9-17/h2-12H,13-14H2,1H3,(H,30,32)/b23-12-. The van der Waals surface area contributed by atoms with Crippen molar-refractivity contribution in [2.45, 2.75) is 6.61 Å². The lowest BCUT2D eigenvalue weighted by molar-refractivity contribution is -0.127. The Morgan fingerprint density at radius 2 is 1.76 bits per heavy atom. The van der Waals surface area contributed by atoms with Gasteiger partial charge in [-0.15, -0.1) is 0 Å². The number of nitrogens with zero attached hydrogens (tertiary/aromatic N) is 1. The van der Waals surface area contributed by atoms with Gasteiger partial charge in [-0.3, -0.25) is 19.3 Å². The number of methoxy groups -OCH3 is 1. The van der Waals surface area contributed by atoms with E-state index in [-0.39, 0.29) is 18.1 Å². The zero-order chi connectivity index (χ0) is 26.5. The molecule has 1 aliphatic heterocycles. The van der Waals surface area contributed by atoms with Crippen LogP contribution in [-0.2, 0) is 16.2 Å². The van der Waals surface area contributed by atoms with Crippen molar-refractivity contribution in [1.82, 2.24) is 4.90 Å². The summed E-state index contributed by atoms with van der Waals surface area (Å²) in [5, 5.41) is 3.16. The Labute approximate surface area is 241 Å². The molecule has 0 aromatic heterocycles. The Hall–Kier alpha value is -2.73. The van der Waals surface area contributed by atoms with Gasteiger partial charge in [0.05, 0.1) is 12.0 Å². The summed E-state index contributed by atoms with van der Waals surface area (Å²) in [5.41, 5.74) is 1.85. The Kier molecular flexibility index (Phi) is 9.01. The lowest BCUT2D eigenvalue weighted by Crippen LogP contribution is -2.36. The van der Waals surface area contributed by atoms with Gasteiger partial charge in [0.25, 0.3) is 11.1 Å². The molecule has 11 heteroatoms. The molecule has 4 rings (SSSR count). The molecule has 3 amide bonds. The van der Waals surface area contributed by atoms with Crippen LogP contribution in [0.2, 0.25) is 10.0 Å². The molecule has 37 heavy (non-hydrogen) atoms. The lowest BCUT2D eigenvalue weighted by Gasteiger charge is -2.13. The van der Waals surface area contributed by atoms with Gasteiger partial charge in [-0.25, -0.2) is 0 Å². The minimum atomic E-state index is -0.541. The molecule has 7 nitrogen and oxygen atoms in total. The highest BCUT2D eigenvalue weighted by Gasteiger charge is 2.36. The van der Waals surface area contributed by atoms with Crippen molar-refractivity contribution in [3.05, 3.63) is 90.3 Å². The monoisotopic (exact) mass is 668 g/mol. The molecule has 0 saturated carbocycles. The van der Waals surface area contributed by atoms with E-state index in [0.717, 1.165) is 20.2 Å². The van der Waals surface area contributed by atoms with E-state index in [2.05, 4.69) is 27.9 Å². The molecule has 0 bridgehead atoms. The van der Waals surface area contributed by atoms with Crippen molar-refractivity contribution < 1.29 is 23.9 Å². The van der Waals surface area contributed by atoms with Crippen molar-refractivity contribution in [2.75, 3.05) is 19.0 Å². The molecule has 0 atom stereocenters. The van der Waals surface area contributed by atoms with Crippen LogP contribution in [0.15, 0.2) is 65.6 Å². The maximum Gasteiger partial charge on any atom is 0.294 e. The molecular formula is C26H19Cl2IN2O5S. The van der Waals surface area contributed by atoms with Crippen molar-refractivity contribution >= 4 is 86.4 Å². The van der Waals surface area contributed by atoms with E-state index in [0.29, 0.717) is 38.4 Å². The highest BCUT2D eigenvalue weighted by molar-refractivity contribution is 14.1. The van der Waals surface area contributed by atoms with E-state index in [1.54, 1.807) is 54.6 Å². The van der Waals surface area contributed by atoms with Gasteiger partial charge in [-0.2, -0.15) is 0 Å². The zero-order valence-corrected chi connectivity index (χ0v) is 23.8. The van der Waals surface area contributed by atoms with Crippen molar-refractivity contribution in [3.63, 3.8) is 0 Å². The fraction of sp³-hybridized carbons (Fsp3) is 0.115. The van der Waals surface area contributed by atoms with Gasteiger partial charge >= 0.3 is 0 Å². The van der Waals surface area contributed by atoms with Crippen LogP contribution in [-0.4, -0.2) is 35.6 Å². The van der Waals surface area contributed by atoms with E-state index >= 15 is 0 Å². The smallest absolute Gasteiger partial charge is 0.294 e. The molecular weight excluding hydrogens is 650 g/mol. The molecule has 1 aliphatic rings. The van der Waals surface area contributed by atoms with E-state index in [1.165, 1.54) is 7.11 Å². The summed E-state index contributed by atoms with van der Waals surface area (Å²) in [6.07, 6.45) is 1.57. The normalized spacial score (nSPS) is 14.3. The molecule has 190 valence electrons. The van der Waals surface area contributed by atoms with Crippen LogP contribution in [0.25, 0.3) is 6.08 Å². The summed E-state index contributed by atoms with van der Waals surface area (Å²) in [4.78, 5) is 38.8. The van der Waals surface area contributed by atoms with E-state index in [4.69, 9.17) is 32.7 Å². The number of imide groups is 1. The first kappa shape index (κ1) is 27.3. The molecule has 0 radical (unpaired) electrons. The van der Waals surface area contributed by atoms with Crippen molar-refractivity contribution in [1.29, 1.82) is 0 Å². The third kappa shape index (κ3) is 6.78. The van der Waals surface area contributed by atoms with Crippen LogP contribution in [0.1, 0.15) is 11.1 Å². The average Bonchev–Trinajstić information content (AvgIpc) is 3.12. The number of carbonyl (C=O) groups is 3. The molecule has 3 aromatic carbocycles. The van der Waals surface area contributed by atoms with Gasteiger partial charge in [0, 0.05) is 24.9 Å². The summed E-state index contributed by atoms with van der Waals surface area (Å²) in [6.45, 7) is -0.244. The van der Waals surface area contributed by atoms with Crippen molar-refractivity contribution in [3.8, 4) is 11.5 Å². The topological polar surface area (TPSA) is 84.9 Å². The second-order valence-electron chi connectivity index (χ2n) is 7.72. The Balaban J connectivity index is 1.44. The number of thioether (sulfide) groups is 1. The third-order valence-corrected chi connectivity index (χ3v) is 7.56. The van der Waals surface area contributed by atoms with E-state index in [1.807, 2.05) is 12.1 Å². The molecule has 1 fully saturated rings. The quantitative estimate of drug-likeness (QED) is 0.209. The first-order chi connectivity index (χ1) is 17.7. The Morgan fingerprint density at radius 3 is 2.43 bits per heavy atom. The fourth-order valence-corrected chi connectivity index (χ4v) is 5.08. The molecule has 1 heterocycles. The zero-order valence-electron chi connectivity index (χ0n) is 19.3. The average molecular weight is 669 g/mol. The highest BCUT2D eigenvalue weighted by Crippen LogP contribution is 2.35. The van der Waals surface area contributed by atoms with Gasteiger partial charge in [-0.1, -0.05) is 35.3 Å². The number of benzene rings is 3. The summed E-state index contributed by atoms with van der Waals surface area (Å²) in [6, 6.07) is 17.5. The van der Waals surface area contributed by atoms with Gasteiger partial charge in [0.1, 0.15) is 13.2 Å². The predicted octanol–water partition coefficient (Wildman–Crippen LogP) is 6.86. The van der Waals surface area contributed by atoms with Crippen LogP contribution in [0, 0.1) is 3.57 Å². The number of nitrogens with one attached hydrogen (secondary N) is 1. The summed E-state index contributed by atoms with van der Waals surface area (Å²) in [5.74, 6) is -0.129. The van der Waals surface area contributed by atoms with Gasteiger partial charge in [0.15, 0.2) is 11.5 Å². The van der Waals surface area contributed by atoms with E-state index < -0.39 is 17.1 Å². The number of hydrogen-bond donors (Lipinski definition) is 1. The maximum atomic E-state index is 12.9. The summed E-state index contributed by atoms with van der Waals surface area (Å²) in [7, 11) is 1.49. The third-order valence-electron chi connectivity index (χ3n) is 5.22. The number of anilines is 1. The van der Waals surface area contributed by atoms with Crippen LogP contribution < -0.4 is 14.8 Å². The lowest BCUT2D eigenvalue weighted by atomic mass is 10.1. The van der Waals surface area contributed by atoms with Gasteiger partial charge < -0.3 is 14.8 Å².